The normalized spacial score (nSPS) is 28.4. The van der Waals surface area contributed by atoms with E-state index in [1.807, 2.05) is 24.3 Å². The number of carboxylic acid groups (broad SMARTS) is 1. The maximum atomic E-state index is 12.4. The zero-order chi connectivity index (χ0) is 14.3. The second kappa shape index (κ2) is 5.20. The Morgan fingerprint density at radius 3 is 2.85 bits per heavy atom. The number of carbonyl (C=O) groups is 2. The molecule has 2 aliphatic rings. The van der Waals surface area contributed by atoms with E-state index in [1.54, 1.807) is 4.90 Å². The Kier molecular flexibility index (Phi) is 3.54. The molecular formula is C15H16BrNO3. The minimum atomic E-state index is -0.879. The van der Waals surface area contributed by atoms with Crippen LogP contribution in [0.5, 0.6) is 0 Å². The van der Waals surface area contributed by atoms with Crippen molar-refractivity contribution in [3.8, 4) is 0 Å². The van der Waals surface area contributed by atoms with E-state index in [2.05, 4.69) is 15.9 Å². The third kappa shape index (κ3) is 2.46. The minimum Gasteiger partial charge on any atom is -0.480 e. The molecule has 0 unspecified atom stereocenters. The predicted molar refractivity (Wildman–Crippen MR) is 77.4 cm³/mol. The van der Waals surface area contributed by atoms with E-state index in [9.17, 15) is 9.59 Å². The molecule has 0 radical (unpaired) electrons. The molecule has 1 saturated carbocycles. The molecule has 3 atom stereocenters. The highest BCUT2D eigenvalue weighted by molar-refractivity contribution is 9.10. The molecule has 0 aromatic heterocycles. The van der Waals surface area contributed by atoms with Crippen LogP contribution in [0.25, 0.3) is 0 Å². The number of halogens is 1. The van der Waals surface area contributed by atoms with E-state index in [-0.39, 0.29) is 17.7 Å². The van der Waals surface area contributed by atoms with Gasteiger partial charge in [0.1, 0.15) is 6.04 Å². The van der Waals surface area contributed by atoms with Gasteiger partial charge in [0, 0.05) is 16.9 Å². The smallest absolute Gasteiger partial charge is 0.326 e. The van der Waals surface area contributed by atoms with Gasteiger partial charge in [-0.05, 0) is 42.9 Å². The number of amides is 1. The highest BCUT2D eigenvalue weighted by Gasteiger charge is 2.48. The molecule has 106 valence electrons. The molecular weight excluding hydrogens is 322 g/mol. The highest BCUT2D eigenvalue weighted by Crippen LogP contribution is 2.49. The maximum Gasteiger partial charge on any atom is 0.326 e. The summed E-state index contributed by atoms with van der Waals surface area (Å²) >= 11 is 3.44. The highest BCUT2D eigenvalue weighted by atomic mass is 79.9. The van der Waals surface area contributed by atoms with Gasteiger partial charge in [-0.25, -0.2) is 4.79 Å². The predicted octanol–water partition coefficient (Wildman–Crippen LogP) is 2.63. The van der Waals surface area contributed by atoms with Crippen LogP contribution in [0, 0.1) is 5.92 Å². The number of carboxylic acids is 1. The summed E-state index contributed by atoms with van der Waals surface area (Å²) in [5, 5.41) is 9.15. The molecule has 1 aromatic rings. The lowest BCUT2D eigenvalue weighted by molar-refractivity contribution is -0.148. The summed E-state index contributed by atoms with van der Waals surface area (Å²) in [4.78, 5) is 25.2. The number of likely N-dealkylation sites (tertiary alicyclic amines) is 1. The van der Waals surface area contributed by atoms with E-state index >= 15 is 0 Å². The number of carbonyl (C=O) groups excluding carboxylic acids is 1. The van der Waals surface area contributed by atoms with E-state index in [0.29, 0.717) is 13.0 Å². The fourth-order valence-electron chi connectivity index (χ4n) is 3.07. The third-order valence-corrected chi connectivity index (χ3v) is 4.70. The molecule has 1 saturated heterocycles. The van der Waals surface area contributed by atoms with Crippen LogP contribution < -0.4 is 0 Å². The summed E-state index contributed by atoms with van der Waals surface area (Å²) in [5.41, 5.74) is 1.16. The van der Waals surface area contributed by atoms with Crippen molar-refractivity contribution in [1.29, 1.82) is 0 Å². The molecule has 1 aliphatic heterocycles. The van der Waals surface area contributed by atoms with Crippen molar-refractivity contribution >= 4 is 27.8 Å². The van der Waals surface area contributed by atoms with E-state index < -0.39 is 12.0 Å². The molecule has 2 fully saturated rings. The van der Waals surface area contributed by atoms with Gasteiger partial charge < -0.3 is 10.0 Å². The van der Waals surface area contributed by atoms with E-state index in [4.69, 9.17) is 5.11 Å². The van der Waals surface area contributed by atoms with Gasteiger partial charge >= 0.3 is 5.97 Å². The number of hydrogen-bond donors (Lipinski definition) is 1. The summed E-state index contributed by atoms with van der Waals surface area (Å²) in [7, 11) is 0. The fraction of sp³-hybridized carbons (Fsp3) is 0.467. The Labute approximate surface area is 125 Å². The van der Waals surface area contributed by atoms with Gasteiger partial charge in [-0.15, -0.1) is 0 Å². The zero-order valence-electron chi connectivity index (χ0n) is 11.0. The van der Waals surface area contributed by atoms with Gasteiger partial charge in [-0.3, -0.25) is 4.79 Å². The first-order valence-electron chi connectivity index (χ1n) is 6.86. The number of nitrogens with zero attached hydrogens (tertiary/aromatic N) is 1. The molecule has 3 rings (SSSR count). The van der Waals surface area contributed by atoms with Crippen LogP contribution >= 0.6 is 15.9 Å². The molecule has 0 spiro atoms. The van der Waals surface area contributed by atoms with Gasteiger partial charge in [0.15, 0.2) is 0 Å². The number of rotatable bonds is 3. The fourth-order valence-corrected chi connectivity index (χ4v) is 3.49. The van der Waals surface area contributed by atoms with Gasteiger partial charge in [-0.2, -0.15) is 0 Å². The van der Waals surface area contributed by atoms with Crippen LogP contribution in [0.15, 0.2) is 28.7 Å². The topological polar surface area (TPSA) is 57.6 Å². The first-order valence-corrected chi connectivity index (χ1v) is 7.66. The Balaban J connectivity index is 1.70. The SMILES string of the molecule is O=C(O)[C@H]1CCCN1C(=O)[C@@H]1C[C@H]1c1cccc(Br)c1. The van der Waals surface area contributed by atoms with Gasteiger partial charge in [0.05, 0.1) is 0 Å². The second-order valence-electron chi connectivity index (χ2n) is 5.53. The van der Waals surface area contributed by atoms with E-state index in [1.165, 1.54) is 0 Å². The molecule has 0 bridgehead atoms. The third-order valence-electron chi connectivity index (χ3n) is 4.21. The van der Waals surface area contributed by atoms with Crippen LogP contribution in [-0.4, -0.2) is 34.5 Å². The molecule has 20 heavy (non-hydrogen) atoms. The summed E-state index contributed by atoms with van der Waals surface area (Å²) < 4.78 is 1.01. The van der Waals surface area contributed by atoms with Gasteiger partial charge in [-0.1, -0.05) is 28.1 Å². The van der Waals surface area contributed by atoms with Crippen molar-refractivity contribution in [3.63, 3.8) is 0 Å². The molecule has 1 aromatic carbocycles. The largest absolute Gasteiger partial charge is 0.480 e. The zero-order valence-corrected chi connectivity index (χ0v) is 12.5. The Morgan fingerprint density at radius 1 is 1.35 bits per heavy atom. The van der Waals surface area contributed by atoms with Crippen molar-refractivity contribution in [2.45, 2.75) is 31.2 Å². The first-order chi connectivity index (χ1) is 9.58. The van der Waals surface area contributed by atoms with Crippen molar-refractivity contribution in [1.82, 2.24) is 4.90 Å². The summed E-state index contributed by atoms with van der Waals surface area (Å²) in [6.45, 7) is 0.581. The van der Waals surface area contributed by atoms with Gasteiger partial charge in [0.2, 0.25) is 5.91 Å². The average molecular weight is 338 g/mol. The summed E-state index contributed by atoms with van der Waals surface area (Å²) in [6.07, 6.45) is 2.20. The van der Waals surface area contributed by atoms with E-state index in [0.717, 1.165) is 22.9 Å². The molecule has 1 aliphatic carbocycles. The van der Waals surface area contributed by atoms with Crippen molar-refractivity contribution in [2.24, 2.45) is 5.92 Å². The van der Waals surface area contributed by atoms with Crippen LogP contribution in [0.4, 0.5) is 0 Å². The summed E-state index contributed by atoms with van der Waals surface area (Å²) in [6, 6.07) is 7.38. The Hall–Kier alpha value is -1.36. The molecule has 1 heterocycles. The molecule has 1 amide bonds. The number of aliphatic carboxylic acids is 1. The Morgan fingerprint density at radius 2 is 2.15 bits per heavy atom. The quantitative estimate of drug-likeness (QED) is 0.922. The number of hydrogen-bond acceptors (Lipinski definition) is 2. The van der Waals surface area contributed by atoms with Crippen LogP contribution in [0.3, 0.4) is 0 Å². The van der Waals surface area contributed by atoms with Crippen LogP contribution in [0.2, 0.25) is 0 Å². The average Bonchev–Trinajstić information content (AvgIpc) is 3.06. The minimum absolute atomic E-state index is 0.0138. The van der Waals surface area contributed by atoms with Crippen molar-refractivity contribution in [2.75, 3.05) is 6.54 Å². The lowest BCUT2D eigenvalue weighted by atomic mass is 10.1. The lowest BCUT2D eigenvalue weighted by Gasteiger charge is -2.21. The van der Waals surface area contributed by atoms with Crippen LogP contribution in [-0.2, 0) is 9.59 Å². The van der Waals surface area contributed by atoms with Crippen molar-refractivity contribution < 1.29 is 14.7 Å². The molecule has 4 nitrogen and oxygen atoms in total. The second-order valence-corrected chi connectivity index (χ2v) is 6.45. The van der Waals surface area contributed by atoms with Crippen molar-refractivity contribution in [3.05, 3.63) is 34.3 Å². The Bertz CT molecular complexity index is 560. The summed E-state index contributed by atoms with van der Waals surface area (Å²) in [5.74, 6) is -0.658. The number of benzene rings is 1. The molecule has 5 heteroatoms. The van der Waals surface area contributed by atoms with Crippen LogP contribution in [0.1, 0.15) is 30.7 Å². The van der Waals surface area contributed by atoms with Gasteiger partial charge in [0.25, 0.3) is 0 Å². The molecule has 1 N–H and O–H groups in total. The maximum absolute atomic E-state index is 12.4. The standard InChI is InChI=1S/C15H16BrNO3/c16-10-4-1-3-9(7-10)11-8-12(11)14(18)17-6-2-5-13(17)15(19)20/h1,3-4,7,11-13H,2,5-6,8H2,(H,19,20)/t11-,12+,13+/m0/s1. The first kappa shape index (κ1) is 13.6. The monoisotopic (exact) mass is 337 g/mol. The lowest BCUT2D eigenvalue weighted by Crippen LogP contribution is -2.41.